The molecular formula is C20H16ClN3O3S. The summed E-state index contributed by atoms with van der Waals surface area (Å²) in [5.41, 5.74) is 2.05. The molecule has 0 aliphatic rings. The normalized spacial score (nSPS) is 11.4. The molecule has 6 nitrogen and oxygen atoms in total. The number of aromatic nitrogens is 1. The van der Waals surface area contributed by atoms with E-state index >= 15 is 0 Å². The third kappa shape index (κ3) is 4.60. The van der Waals surface area contributed by atoms with Crippen molar-refractivity contribution in [1.29, 1.82) is 5.26 Å². The predicted molar refractivity (Wildman–Crippen MR) is 109 cm³/mol. The molecule has 0 aliphatic carbocycles. The summed E-state index contributed by atoms with van der Waals surface area (Å²) in [7, 11) is 1.55. The summed E-state index contributed by atoms with van der Waals surface area (Å²) in [5.74, 6) is 0.773. The van der Waals surface area contributed by atoms with Crippen LogP contribution in [0.3, 0.4) is 0 Å². The highest BCUT2D eigenvalue weighted by molar-refractivity contribution is 7.14. The van der Waals surface area contributed by atoms with Gasteiger partial charge in [0.05, 0.1) is 29.5 Å². The van der Waals surface area contributed by atoms with Crippen LogP contribution in [0.2, 0.25) is 5.02 Å². The Morgan fingerprint density at radius 1 is 1.29 bits per heavy atom. The molecule has 1 aromatic heterocycles. The van der Waals surface area contributed by atoms with Crippen LogP contribution in [-0.4, -0.2) is 24.1 Å². The minimum atomic E-state index is -0.726. The zero-order chi connectivity index (χ0) is 20.1. The Morgan fingerprint density at radius 3 is 2.68 bits per heavy atom. The van der Waals surface area contributed by atoms with Gasteiger partial charge in [0.25, 0.3) is 5.91 Å². The van der Waals surface area contributed by atoms with Gasteiger partial charge in [0.1, 0.15) is 11.5 Å². The van der Waals surface area contributed by atoms with Crippen LogP contribution in [0, 0.1) is 11.3 Å². The van der Waals surface area contributed by atoms with Crippen LogP contribution in [0.5, 0.6) is 11.5 Å². The molecule has 1 N–H and O–H groups in total. The van der Waals surface area contributed by atoms with Gasteiger partial charge in [-0.25, -0.2) is 4.98 Å². The minimum absolute atomic E-state index is 0.321. The quantitative estimate of drug-likeness (QED) is 0.630. The molecule has 0 aliphatic heterocycles. The number of amides is 1. The fraction of sp³-hybridized carbons (Fsp3) is 0.150. The number of nitrogens with one attached hydrogen (secondary N) is 1. The summed E-state index contributed by atoms with van der Waals surface area (Å²) in [5, 5.41) is 14.3. The molecule has 0 fully saturated rings. The lowest BCUT2D eigenvalue weighted by Gasteiger charge is -2.13. The van der Waals surface area contributed by atoms with Gasteiger partial charge < -0.3 is 9.47 Å². The average Bonchev–Trinajstić information content (AvgIpc) is 3.17. The largest absolute Gasteiger partial charge is 0.495 e. The second-order valence-electron chi connectivity index (χ2n) is 5.77. The van der Waals surface area contributed by atoms with Crippen molar-refractivity contribution in [3.63, 3.8) is 0 Å². The van der Waals surface area contributed by atoms with Gasteiger partial charge in [-0.05, 0) is 49.4 Å². The first kappa shape index (κ1) is 19.7. The van der Waals surface area contributed by atoms with Gasteiger partial charge in [0.15, 0.2) is 11.2 Å². The Labute approximate surface area is 171 Å². The van der Waals surface area contributed by atoms with Gasteiger partial charge >= 0.3 is 0 Å². The maximum Gasteiger partial charge on any atom is 0.266 e. The zero-order valence-electron chi connectivity index (χ0n) is 15.1. The van der Waals surface area contributed by atoms with E-state index in [1.54, 1.807) is 50.4 Å². The van der Waals surface area contributed by atoms with Crippen LogP contribution >= 0.6 is 22.9 Å². The molecule has 1 atom stereocenters. The second kappa shape index (κ2) is 8.74. The Hall–Kier alpha value is -3.08. The second-order valence-corrected chi connectivity index (χ2v) is 7.04. The Bertz CT molecular complexity index is 1030. The lowest BCUT2D eigenvalue weighted by atomic mass is 10.2. The maximum absolute atomic E-state index is 12.4. The SMILES string of the molecule is COc1ccc(-c2csc(NC(=O)C(C)Oc3ccc(C#N)cc3)n2)cc1Cl. The van der Waals surface area contributed by atoms with Crippen molar-refractivity contribution in [3.05, 3.63) is 58.4 Å². The number of hydrogen-bond acceptors (Lipinski definition) is 6. The number of ether oxygens (including phenoxy) is 2. The summed E-state index contributed by atoms with van der Waals surface area (Å²) < 4.78 is 10.7. The van der Waals surface area contributed by atoms with E-state index in [1.165, 1.54) is 11.3 Å². The van der Waals surface area contributed by atoms with E-state index in [2.05, 4.69) is 10.3 Å². The van der Waals surface area contributed by atoms with Gasteiger partial charge in [-0.15, -0.1) is 11.3 Å². The van der Waals surface area contributed by atoms with Gasteiger partial charge in [-0.2, -0.15) is 5.26 Å². The molecule has 0 saturated carbocycles. The number of benzene rings is 2. The molecule has 3 rings (SSSR count). The molecule has 2 aromatic carbocycles. The van der Waals surface area contributed by atoms with E-state index in [9.17, 15) is 4.79 Å². The molecule has 1 amide bonds. The molecule has 8 heteroatoms. The topological polar surface area (TPSA) is 84.2 Å². The van der Waals surface area contributed by atoms with Gasteiger partial charge in [0, 0.05) is 10.9 Å². The molecule has 0 bridgehead atoms. The van der Waals surface area contributed by atoms with Crippen LogP contribution in [-0.2, 0) is 4.79 Å². The number of nitriles is 1. The van der Waals surface area contributed by atoms with Gasteiger partial charge in [-0.1, -0.05) is 11.6 Å². The van der Waals surface area contributed by atoms with Crippen molar-refractivity contribution >= 4 is 34.0 Å². The number of halogens is 1. The maximum atomic E-state index is 12.4. The van der Waals surface area contributed by atoms with Crippen molar-refractivity contribution < 1.29 is 14.3 Å². The van der Waals surface area contributed by atoms with Crippen molar-refractivity contribution in [2.45, 2.75) is 13.0 Å². The van der Waals surface area contributed by atoms with Gasteiger partial charge in [0.2, 0.25) is 0 Å². The average molecular weight is 414 g/mol. The number of methoxy groups -OCH3 is 1. The summed E-state index contributed by atoms with van der Waals surface area (Å²) in [4.78, 5) is 16.8. The van der Waals surface area contributed by atoms with Crippen LogP contribution in [0.25, 0.3) is 11.3 Å². The molecule has 0 radical (unpaired) electrons. The Kier molecular flexibility index (Phi) is 6.14. The molecule has 28 heavy (non-hydrogen) atoms. The molecule has 0 saturated heterocycles. The molecule has 1 unspecified atom stereocenters. The minimum Gasteiger partial charge on any atom is -0.495 e. The van der Waals surface area contributed by atoms with Crippen molar-refractivity contribution in [2.24, 2.45) is 0 Å². The standard InChI is InChI=1S/C20H16ClN3O3S/c1-12(27-15-6-3-13(10-22)4-7-15)19(25)24-20-23-17(11-28-20)14-5-8-18(26-2)16(21)9-14/h3-9,11-12H,1-2H3,(H,23,24,25). The molecule has 3 aromatic rings. The molecular weight excluding hydrogens is 398 g/mol. The van der Waals surface area contributed by atoms with E-state index in [0.29, 0.717) is 32.9 Å². The number of thiazole rings is 1. The summed E-state index contributed by atoms with van der Waals surface area (Å²) in [6, 6.07) is 14.0. The first-order valence-electron chi connectivity index (χ1n) is 8.27. The van der Waals surface area contributed by atoms with Gasteiger partial charge in [-0.3, -0.25) is 10.1 Å². The van der Waals surface area contributed by atoms with Crippen LogP contribution in [0.1, 0.15) is 12.5 Å². The smallest absolute Gasteiger partial charge is 0.266 e. The number of nitrogens with zero attached hydrogens (tertiary/aromatic N) is 2. The third-order valence-electron chi connectivity index (χ3n) is 3.85. The highest BCUT2D eigenvalue weighted by atomic mass is 35.5. The first-order chi connectivity index (χ1) is 13.5. The van der Waals surface area contributed by atoms with Crippen LogP contribution in [0.15, 0.2) is 47.8 Å². The fourth-order valence-electron chi connectivity index (χ4n) is 2.36. The number of rotatable bonds is 6. The molecule has 0 spiro atoms. The Balaban J connectivity index is 1.64. The number of carbonyl (C=O) groups excluding carboxylic acids is 1. The molecule has 142 valence electrons. The zero-order valence-corrected chi connectivity index (χ0v) is 16.7. The van der Waals surface area contributed by atoms with E-state index in [-0.39, 0.29) is 5.91 Å². The van der Waals surface area contributed by atoms with Crippen molar-refractivity contribution in [2.75, 3.05) is 12.4 Å². The number of carbonyl (C=O) groups is 1. The van der Waals surface area contributed by atoms with E-state index < -0.39 is 6.10 Å². The van der Waals surface area contributed by atoms with E-state index in [4.69, 9.17) is 26.3 Å². The summed E-state index contributed by atoms with van der Waals surface area (Å²) in [6.07, 6.45) is -0.726. The predicted octanol–water partition coefficient (Wildman–Crippen LogP) is 4.75. The first-order valence-corrected chi connectivity index (χ1v) is 9.53. The highest BCUT2D eigenvalue weighted by Gasteiger charge is 2.17. The number of anilines is 1. The Morgan fingerprint density at radius 2 is 2.04 bits per heavy atom. The molecule has 1 heterocycles. The lowest BCUT2D eigenvalue weighted by molar-refractivity contribution is -0.122. The highest BCUT2D eigenvalue weighted by Crippen LogP contribution is 2.31. The summed E-state index contributed by atoms with van der Waals surface area (Å²) >= 11 is 7.46. The van der Waals surface area contributed by atoms with Crippen molar-refractivity contribution in [3.8, 4) is 28.8 Å². The third-order valence-corrected chi connectivity index (χ3v) is 4.90. The van der Waals surface area contributed by atoms with E-state index in [0.717, 1.165) is 5.56 Å². The lowest BCUT2D eigenvalue weighted by Crippen LogP contribution is -2.30. The fourth-order valence-corrected chi connectivity index (χ4v) is 3.34. The van der Waals surface area contributed by atoms with Crippen molar-refractivity contribution in [1.82, 2.24) is 4.98 Å². The van der Waals surface area contributed by atoms with Crippen LogP contribution in [0.4, 0.5) is 5.13 Å². The van der Waals surface area contributed by atoms with E-state index in [1.807, 2.05) is 17.5 Å². The summed E-state index contributed by atoms with van der Waals surface area (Å²) in [6.45, 7) is 1.64. The van der Waals surface area contributed by atoms with Crippen LogP contribution < -0.4 is 14.8 Å². The monoisotopic (exact) mass is 413 g/mol. The number of hydrogen-bond donors (Lipinski definition) is 1.